The molecule has 3 aliphatic rings. The minimum atomic E-state index is -0.942. The first kappa shape index (κ1) is 29.5. The molecule has 0 atom stereocenters. The van der Waals surface area contributed by atoms with Crippen molar-refractivity contribution in [3.8, 4) is 0 Å². The first-order chi connectivity index (χ1) is 18.7. The van der Waals surface area contributed by atoms with Crippen LogP contribution in [0.5, 0.6) is 0 Å². The molecule has 0 bridgehead atoms. The standard InChI is InChI=1S/C28H46FN7O3/c1-28(2,30)25(37)33-16-18-34(19-17-33)26(38)31-24-12-14-36(27(39)32-24)23-10-8-21(9-11-23)20-35(15-13-29)22-6-4-3-5-7-22/h12,14,21-23H,3-11,13,15-20,30H2,1-2H3,(H,31,32,38,39). The maximum absolute atomic E-state index is 13.2. The van der Waals surface area contributed by atoms with Gasteiger partial charge < -0.3 is 15.5 Å². The predicted octanol–water partition coefficient (Wildman–Crippen LogP) is 2.99. The molecule has 1 saturated heterocycles. The van der Waals surface area contributed by atoms with Crippen molar-refractivity contribution in [3.05, 3.63) is 22.7 Å². The van der Waals surface area contributed by atoms with Crippen molar-refractivity contribution in [2.24, 2.45) is 11.7 Å². The fourth-order valence-corrected chi connectivity index (χ4v) is 6.38. The van der Waals surface area contributed by atoms with Gasteiger partial charge in [0.2, 0.25) is 5.91 Å². The van der Waals surface area contributed by atoms with Gasteiger partial charge in [0.1, 0.15) is 12.5 Å². The number of amides is 3. The Morgan fingerprint density at radius 3 is 2.28 bits per heavy atom. The summed E-state index contributed by atoms with van der Waals surface area (Å²) in [6.45, 7) is 6.14. The van der Waals surface area contributed by atoms with Crippen LogP contribution in [0.25, 0.3) is 0 Å². The minimum absolute atomic E-state index is 0.0905. The Morgan fingerprint density at radius 1 is 1.05 bits per heavy atom. The van der Waals surface area contributed by atoms with Gasteiger partial charge in [-0.25, -0.2) is 14.0 Å². The van der Waals surface area contributed by atoms with Crippen LogP contribution in [0, 0.1) is 5.92 Å². The van der Waals surface area contributed by atoms with Crippen molar-refractivity contribution < 1.29 is 14.0 Å². The number of hydrogen-bond donors (Lipinski definition) is 2. The van der Waals surface area contributed by atoms with Gasteiger partial charge in [-0.3, -0.25) is 19.6 Å². The number of anilines is 1. The average molecular weight is 548 g/mol. The number of urea groups is 1. The van der Waals surface area contributed by atoms with Gasteiger partial charge in [0, 0.05) is 57.5 Å². The SMILES string of the molecule is CC(C)(N)C(=O)N1CCN(C(=O)Nc2ccn(C3CCC(CN(CCF)C4CCCCC4)CC3)c(=O)n2)CC1. The van der Waals surface area contributed by atoms with Crippen molar-refractivity contribution >= 4 is 17.8 Å². The van der Waals surface area contributed by atoms with Crippen molar-refractivity contribution in [2.75, 3.05) is 51.3 Å². The van der Waals surface area contributed by atoms with Crippen molar-refractivity contribution in [3.63, 3.8) is 0 Å². The van der Waals surface area contributed by atoms with Gasteiger partial charge in [-0.1, -0.05) is 19.3 Å². The molecule has 3 N–H and O–H groups in total. The number of alkyl halides is 1. The minimum Gasteiger partial charge on any atom is -0.338 e. The molecule has 2 heterocycles. The first-order valence-electron chi connectivity index (χ1n) is 14.7. The fraction of sp³-hybridized carbons (Fsp3) is 0.786. The van der Waals surface area contributed by atoms with E-state index in [1.54, 1.807) is 40.5 Å². The molecule has 0 spiro atoms. The molecule has 0 aromatic carbocycles. The van der Waals surface area contributed by atoms with Gasteiger partial charge in [0.25, 0.3) is 0 Å². The largest absolute Gasteiger partial charge is 0.349 e. The summed E-state index contributed by atoms with van der Waals surface area (Å²) >= 11 is 0. The molecule has 2 saturated carbocycles. The van der Waals surface area contributed by atoms with E-state index in [2.05, 4.69) is 15.2 Å². The molecule has 1 aromatic rings. The zero-order valence-electron chi connectivity index (χ0n) is 23.6. The molecular weight excluding hydrogens is 501 g/mol. The highest BCUT2D eigenvalue weighted by Crippen LogP contribution is 2.33. The van der Waals surface area contributed by atoms with Crippen LogP contribution < -0.4 is 16.7 Å². The normalized spacial score (nSPS) is 23.2. The van der Waals surface area contributed by atoms with E-state index in [1.807, 2.05) is 0 Å². The Hall–Kier alpha value is -2.53. The summed E-state index contributed by atoms with van der Waals surface area (Å²) in [5.41, 5.74) is 4.61. The Bertz CT molecular complexity index is 1020. The number of aromatic nitrogens is 2. The van der Waals surface area contributed by atoms with Gasteiger partial charge >= 0.3 is 11.7 Å². The number of nitrogens with one attached hydrogen (secondary N) is 1. The molecule has 10 nitrogen and oxygen atoms in total. The van der Waals surface area contributed by atoms with Crippen molar-refractivity contribution in [2.45, 2.75) is 89.3 Å². The molecule has 3 amide bonds. The average Bonchev–Trinajstić information content (AvgIpc) is 2.93. The zero-order valence-corrected chi connectivity index (χ0v) is 23.6. The Morgan fingerprint density at radius 2 is 1.69 bits per heavy atom. The quantitative estimate of drug-likeness (QED) is 0.517. The van der Waals surface area contributed by atoms with E-state index in [0.29, 0.717) is 44.7 Å². The summed E-state index contributed by atoms with van der Waals surface area (Å²) in [5.74, 6) is 0.623. The number of nitrogens with zero attached hydrogens (tertiary/aromatic N) is 5. The molecular formula is C28H46FN7O3. The van der Waals surface area contributed by atoms with Gasteiger partial charge in [-0.05, 0) is 64.4 Å². The lowest BCUT2D eigenvalue weighted by Gasteiger charge is -2.38. The number of nitrogens with two attached hydrogens (primary N) is 1. The van der Waals surface area contributed by atoms with Gasteiger partial charge in [0.15, 0.2) is 0 Å². The summed E-state index contributed by atoms with van der Waals surface area (Å²) in [6, 6.07) is 1.95. The molecule has 2 aliphatic carbocycles. The summed E-state index contributed by atoms with van der Waals surface area (Å²) in [5, 5.41) is 2.73. The smallest absolute Gasteiger partial charge is 0.338 e. The first-order valence-corrected chi connectivity index (χ1v) is 14.7. The fourth-order valence-electron chi connectivity index (χ4n) is 6.38. The number of hydrogen-bond acceptors (Lipinski definition) is 6. The molecule has 1 aliphatic heterocycles. The van der Waals surface area contributed by atoms with E-state index in [0.717, 1.165) is 32.2 Å². The van der Waals surface area contributed by atoms with Crippen LogP contribution in [-0.4, -0.2) is 93.7 Å². The second-order valence-electron chi connectivity index (χ2n) is 12.1. The highest BCUT2D eigenvalue weighted by molar-refractivity contribution is 5.89. The molecule has 11 heteroatoms. The third-order valence-electron chi connectivity index (χ3n) is 8.64. The number of halogens is 1. The van der Waals surface area contributed by atoms with Gasteiger partial charge in [-0.15, -0.1) is 0 Å². The second-order valence-corrected chi connectivity index (χ2v) is 12.1. The summed E-state index contributed by atoms with van der Waals surface area (Å²) in [6.07, 6.45) is 11.7. The summed E-state index contributed by atoms with van der Waals surface area (Å²) in [7, 11) is 0. The van der Waals surface area contributed by atoms with Crippen LogP contribution in [-0.2, 0) is 4.79 Å². The zero-order chi connectivity index (χ0) is 28.0. The Balaban J connectivity index is 1.25. The molecule has 0 radical (unpaired) electrons. The number of piperazine rings is 1. The van der Waals surface area contributed by atoms with E-state index in [1.165, 1.54) is 32.1 Å². The van der Waals surface area contributed by atoms with Gasteiger partial charge in [0.05, 0.1) is 5.54 Å². The van der Waals surface area contributed by atoms with Crippen molar-refractivity contribution in [1.29, 1.82) is 0 Å². The third-order valence-corrected chi connectivity index (χ3v) is 8.64. The summed E-state index contributed by atoms with van der Waals surface area (Å²) < 4.78 is 14.9. The third kappa shape index (κ3) is 7.78. The van der Waals surface area contributed by atoms with Crippen LogP contribution >= 0.6 is 0 Å². The Labute approximate surface area is 231 Å². The lowest BCUT2D eigenvalue weighted by molar-refractivity contribution is -0.137. The second kappa shape index (κ2) is 13.2. The van der Waals surface area contributed by atoms with E-state index < -0.39 is 5.54 Å². The van der Waals surface area contributed by atoms with E-state index in [4.69, 9.17) is 5.73 Å². The van der Waals surface area contributed by atoms with E-state index in [-0.39, 0.29) is 36.2 Å². The highest BCUT2D eigenvalue weighted by atomic mass is 19.1. The van der Waals surface area contributed by atoms with Crippen LogP contribution in [0.15, 0.2) is 17.1 Å². The monoisotopic (exact) mass is 547 g/mol. The van der Waals surface area contributed by atoms with Crippen LogP contribution in [0.3, 0.4) is 0 Å². The van der Waals surface area contributed by atoms with Crippen LogP contribution in [0.4, 0.5) is 15.0 Å². The van der Waals surface area contributed by atoms with E-state index >= 15 is 0 Å². The maximum atomic E-state index is 13.2. The number of carbonyl (C=O) groups is 2. The number of rotatable bonds is 8. The van der Waals surface area contributed by atoms with Crippen molar-refractivity contribution in [1.82, 2.24) is 24.3 Å². The summed E-state index contributed by atoms with van der Waals surface area (Å²) in [4.78, 5) is 47.7. The van der Waals surface area contributed by atoms with Crippen LogP contribution in [0.1, 0.15) is 77.7 Å². The lowest BCUT2D eigenvalue weighted by atomic mass is 9.84. The van der Waals surface area contributed by atoms with Crippen LogP contribution in [0.2, 0.25) is 0 Å². The molecule has 3 fully saturated rings. The highest BCUT2D eigenvalue weighted by Gasteiger charge is 2.32. The lowest BCUT2D eigenvalue weighted by Crippen LogP contribution is -2.58. The van der Waals surface area contributed by atoms with Gasteiger partial charge in [-0.2, -0.15) is 4.98 Å². The molecule has 218 valence electrons. The molecule has 1 aromatic heterocycles. The maximum Gasteiger partial charge on any atom is 0.349 e. The van der Waals surface area contributed by atoms with E-state index in [9.17, 15) is 18.8 Å². The molecule has 4 rings (SSSR count). The molecule has 0 unspecified atom stereocenters. The number of carbonyl (C=O) groups excluding carboxylic acids is 2. The molecule has 39 heavy (non-hydrogen) atoms. The topological polar surface area (TPSA) is 117 Å². The Kier molecular flexibility index (Phi) is 9.98. The predicted molar refractivity (Wildman–Crippen MR) is 149 cm³/mol.